The Bertz CT molecular complexity index is 235. The van der Waals surface area contributed by atoms with E-state index in [1.807, 2.05) is 0 Å². The first-order chi connectivity index (χ1) is 7.91. The largest absolute Gasteiger partial charge is 0.353 e. The van der Waals surface area contributed by atoms with Gasteiger partial charge in [0.15, 0.2) is 0 Å². The maximum atomic E-state index is 12.2. The highest BCUT2D eigenvalue weighted by Gasteiger charge is 2.27. The molecule has 0 unspecified atom stereocenters. The molecule has 1 aliphatic heterocycles. The van der Waals surface area contributed by atoms with Crippen molar-refractivity contribution in [3.8, 4) is 0 Å². The predicted molar refractivity (Wildman–Crippen MR) is 71.8 cm³/mol. The lowest BCUT2D eigenvalue weighted by Crippen LogP contribution is -2.47. The Morgan fingerprint density at radius 3 is 2.00 bits per heavy atom. The summed E-state index contributed by atoms with van der Waals surface area (Å²) in [6, 6.07) is 0.308. The van der Waals surface area contributed by atoms with Crippen molar-refractivity contribution in [2.45, 2.75) is 46.6 Å². The van der Waals surface area contributed by atoms with Crippen LogP contribution in [0.3, 0.4) is 0 Å². The molecule has 0 aliphatic carbocycles. The summed E-state index contributed by atoms with van der Waals surface area (Å²) in [6.07, 6.45) is 2.01. The smallest absolute Gasteiger partial charge is 0.223 e. The molecule has 100 valence electrons. The van der Waals surface area contributed by atoms with Crippen molar-refractivity contribution in [1.29, 1.82) is 0 Å². The van der Waals surface area contributed by atoms with Gasteiger partial charge in [-0.1, -0.05) is 27.7 Å². The van der Waals surface area contributed by atoms with Crippen LogP contribution in [0.15, 0.2) is 0 Å². The molecular weight excluding hydrogens is 212 g/mol. The van der Waals surface area contributed by atoms with Gasteiger partial charge < -0.3 is 10.2 Å². The molecule has 3 nitrogen and oxygen atoms in total. The highest BCUT2D eigenvalue weighted by atomic mass is 16.1. The SMILES string of the molecule is CC(C)C(NC(=O)C1CCN(C)CC1)C(C)C. The number of amides is 1. The Hall–Kier alpha value is -0.570. The van der Waals surface area contributed by atoms with E-state index in [9.17, 15) is 4.79 Å². The van der Waals surface area contributed by atoms with Gasteiger partial charge in [0.05, 0.1) is 0 Å². The first kappa shape index (κ1) is 14.5. The van der Waals surface area contributed by atoms with Gasteiger partial charge in [0.1, 0.15) is 0 Å². The fourth-order valence-corrected chi connectivity index (χ4v) is 2.66. The molecule has 0 aromatic carbocycles. The number of likely N-dealkylation sites (tertiary alicyclic amines) is 1. The summed E-state index contributed by atoms with van der Waals surface area (Å²) >= 11 is 0. The van der Waals surface area contributed by atoms with E-state index >= 15 is 0 Å². The summed E-state index contributed by atoms with van der Waals surface area (Å²) in [5.74, 6) is 1.51. The van der Waals surface area contributed by atoms with E-state index in [-0.39, 0.29) is 11.8 Å². The molecule has 0 bridgehead atoms. The molecule has 1 heterocycles. The summed E-state index contributed by atoms with van der Waals surface area (Å²) in [5.41, 5.74) is 0. The van der Waals surface area contributed by atoms with E-state index in [1.54, 1.807) is 0 Å². The van der Waals surface area contributed by atoms with Gasteiger partial charge in [-0.15, -0.1) is 0 Å². The standard InChI is InChI=1S/C14H28N2O/c1-10(2)13(11(3)4)15-14(17)12-6-8-16(5)9-7-12/h10-13H,6-9H2,1-5H3,(H,15,17). The minimum atomic E-state index is 0.228. The Morgan fingerprint density at radius 2 is 1.59 bits per heavy atom. The zero-order valence-corrected chi connectivity index (χ0v) is 12.0. The number of piperidine rings is 1. The molecule has 0 spiro atoms. The van der Waals surface area contributed by atoms with Crippen molar-refractivity contribution >= 4 is 5.91 Å². The van der Waals surface area contributed by atoms with Crippen molar-refractivity contribution in [3.05, 3.63) is 0 Å². The molecule has 1 N–H and O–H groups in total. The molecule has 0 saturated carbocycles. The lowest BCUT2D eigenvalue weighted by Gasteiger charge is -2.32. The van der Waals surface area contributed by atoms with Crippen LogP contribution in [0.4, 0.5) is 0 Å². The molecule has 1 aliphatic rings. The van der Waals surface area contributed by atoms with Gasteiger partial charge in [-0.05, 0) is 44.8 Å². The summed E-state index contributed by atoms with van der Waals surface area (Å²) in [7, 11) is 2.12. The molecule has 1 fully saturated rings. The van der Waals surface area contributed by atoms with E-state index < -0.39 is 0 Å². The number of carbonyl (C=O) groups excluding carboxylic acids is 1. The number of hydrogen-bond acceptors (Lipinski definition) is 2. The van der Waals surface area contributed by atoms with Crippen LogP contribution >= 0.6 is 0 Å². The zero-order valence-electron chi connectivity index (χ0n) is 12.0. The van der Waals surface area contributed by atoms with E-state index in [4.69, 9.17) is 0 Å². The summed E-state index contributed by atoms with van der Waals surface area (Å²) in [5, 5.41) is 3.24. The molecule has 1 rings (SSSR count). The van der Waals surface area contributed by atoms with Gasteiger partial charge in [-0.2, -0.15) is 0 Å². The van der Waals surface area contributed by atoms with Crippen LogP contribution < -0.4 is 5.32 Å². The Labute approximate surface area is 106 Å². The summed E-state index contributed by atoms with van der Waals surface area (Å²) < 4.78 is 0. The average molecular weight is 240 g/mol. The van der Waals surface area contributed by atoms with Crippen LogP contribution in [-0.4, -0.2) is 37.0 Å². The van der Waals surface area contributed by atoms with Gasteiger partial charge in [0, 0.05) is 12.0 Å². The second-order valence-electron chi connectivity index (χ2n) is 6.10. The van der Waals surface area contributed by atoms with Crippen LogP contribution in [-0.2, 0) is 4.79 Å². The molecule has 0 aromatic heterocycles. The Morgan fingerprint density at radius 1 is 1.12 bits per heavy atom. The van der Waals surface area contributed by atoms with Gasteiger partial charge >= 0.3 is 0 Å². The lowest BCUT2D eigenvalue weighted by molar-refractivity contribution is -0.127. The highest BCUT2D eigenvalue weighted by molar-refractivity contribution is 5.79. The summed E-state index contributed by atoms with van der Waals surface area (Å²) in [4.78, 5) is 14.5. The van der Waals surface area contributed by atoms with E-state index in [0.717, 1.165) is 25.9 Å². The first-order valence-corrected chi connectivity index (χ1v) is 6.90. The average Bonchev–Trinajstić information content (AvgIpc) is 2.25. The van der Waals surface area contributed by atoms with Crippen molar-refractivity contribution < 1.29 is 4.79 Å². The maximum absolute atomic E-state index is 12.2. The van der Waals surface area contributed by atoms with Crippen molar-refractivity contribution in [2.75, 3.05) is 20.1 Å². The number of rotatable bonds is 4. The maximum Gasteiger partial charge on any atom is 0.223 e. The third-order valence-corrected chi connectivity index (χ3v) is 3.83. The zero-order chi connectivity index (χ0) is 13.0. The van der Waals surface area contributed by atoms with Gasteiger partial charge in [0.2, 0.25) is 5.91 Å². The topological polar surface area (TPSA) is 32.3 Å². The molecule has 0 aromatic rings. The molecule has 3 heteroatoms. The minimum absolute atomic E-state index is 0.228. The lowest BCUT2D eigenvalue weighted by atomic mass is 9.90. The van der Waals surface area contributed by atoms with E-state index in [2.05, 4.69) is 45.0 Å². The quantitative estimate of drug-likeness (QED) is 0.816. The molecule has 17 heavy (non-hydrogen) atoms. The number of nitrogens with one attached hydrogen (secondary N) is 1. The van der Waals surface area contributed by atoms with Crippen LogP contribution in [0.2, 0.25) is 0 Å². The monoisotopic (exact) mass is 240 g/mol. The highest BCUT2D eigenvalue weighted by Crippen LogP contribution is 2.18. The molecular formula is C14H28N2O. The second-order valence-corrected chi connectivity index (χ2v) is 6.10. The van der Waals surface area contributed by atoms with E-state index in [0.29, 0.717) is 17.9 Å². The predicted octanol–water partition coefficient (Wildman–Crippen LogP) is 2.12. The number of nitrogens with zero attached hydrogens (tertiary/aromatic N) is 1. The van der Waals surface area contributed by atoms with E-state index in [1.165, 1.54) is 0 Å². The summed E-state index contributed by atoms with van der Waals surface area (Å²) in [6.45, 7) is 10.8. The third kappa shape index (κ3) is 4.30. The Kier molecular flexibility index (Phi) is 5.44. The molecule has 1 saturated heterocycles. The molecule has 0 atom stereocenters. The van der Waals surface area contributed by atoms with Crippen molar-refractivity contribution in [2.24, 2.45) is 17.8 Å². The minimum Gasteiger partial charge on any atom is -0.353 e. The fourth-order valence-electron chi connectivity index (χ4n) is 2.66. The van der Waals surface area contributed by atoms with Crippen LogP contribution in [0.1, 0.15) is 40.5 Å². The van der Waals surface area contributed by atoms with Crippen molar-refractivity contribution in [1.82, 2.24) is 10.2 Å². The normalized spacial score (nSPS) is 19.3. The van der Waals surface area contributed by atoms with Crippen LogP contribution in [0.25, 0.3) is 0 Å². The van der Waals surface area contributed by atoms with Crippen molar-refractivity contribution in [3.63, 3.8) is 0 Å². The van der Waals surface area contributed by atoms with Crippen LogP contribution in [0.5, 0.6) is 0 Å². The van der Waals surface area contributed by atoms with Gasteiger partial charge in [0.25, 0.3) is 0 Å². The molecule has 1 amide bonds. The van der Waals surface area contributed by atoms with Gasteiger partial charge in [-0.25, -0.2) is 0 Å². The third-order valence-electron chi connectivity index (χ3n) is 3.83. The Balaban J connectivity index is 2.47. The number of hydrogen-bond donors (Lipinski definition) is 1. The fraction of sp³-hybridized carbons (Fsp3) is 0.929. The second kappa shape index (κ2) is 6.39. The van der Waals surface area contributed by atoms with Crippen LogP contribution in [0, 0.1) is 17.8 Å². The number of carbonyl (C=O) groups is 1. The first-order valence-electron chi connectivity index (χ1n) is 6.90. The molecule has 0 radical (unpaired) electrons. The van der Waals surface area contributed by atoms with Gasteiger partial charge in [-0.3, -0.25) is 4.79 Å².